The third-order valence-electron chi connectivity index (χ3n) is 5.91. The molecule has 2 aliphatic carbocycles. The number of carbonyl (C=O) groups excluding carboxylic acids is 1. The van der Waals surface area contributed by atoms with E-state index in [-0.39, 0.29) is 18.0 Å². The summed E-state index contributed by atoms with van der Waals surface area (Å²) in [6.07, 6.45) is 14.4. The van der Waals surface area contributed by atoms with Crippen LogP contribution in [0.1, 0.15) is 51.9 Å². The maximum Gasteiger partial charge on any atom is 0.237 e. The van der Waals surface area contributed by atoms with Crippen molar-refractivity contribution < 1.29 is 9.53 Å². The van der Waals surface area contributed by atoms with E-state index in [1.165, 1.54) is 38.8 Å². The monoisotopic (exact) mass is 361 g/mol. The molecule has 0 aromatic rings. The standard InChI is InChI=1S/C21H35N3O2/c1-16(23-21(25)20(22)11-6-17-4-5-17)18-7-9-19(10-8-18)26-15-14-24-12-2-3-13-24/h7,9-10,16-18,20H,2-6,8,11-15,22H2,1H3,(H,23,25)/t16?,18?,20-/m0/s1. The zero-order chi connectivity index (χ0) is 18.4. The Bertz CT molecular complexity index is 521. The molecular formula is C21H35N3O2. The summed E-state index contributed by atoms with van der Waals surface area (Å²) in [6.45, 7) is 6.25. The van der Waals surface area contributed by atoms with Crippen LogP contribution >= 0.6 is 0 Å². The van der Waals surface area contributed by atoms with E-state index >= 15 is 0 Å². The molecule has 1 amide bonds. The molecule has 1 saturated carbocycles. The second-order valence-electron chi connectivity index (χ2n) is 8.19. The number of nitrogens with zero attached hydrogens (tertiary/aromatic N) is 1. The minimum absolute atomic E-state index is 0.0109. The second kappa shape index (κ2) is 9.56. The van der Waals surface area contributed by atoms with Gasteiger partial charge in [-0.05, 0) is 70.2 Å². The first-order valence-corrected chi connectivity index (χ1v) is 10.4. The molecule has 2 fully saturated rings. The summed E-state index contributed by atoms with van der Waals surface area (Å²) in [4.78, 5) is 14.7. The maximum atomic E-state index is 12.3. The third-order valence-corrected chi connectivity index (χ3v) is 5.91. The zero-order valence-electron chi connectivity index (χ0n) is 16.2. The Morgan fingerprint density at radius 1 is 1.38 bits per heavy atom. The van der Waals surface area contributed by atoms with E-state index in [2.05, 4.69) is 29.3 Å². The van der Waals surface area contributed by atoms with Gasteiger partial charge in [-0.15, -0.1) is 0 Å². The fraction of sp³-hybridized carbons (Fsp3) is 0.762. The number of ether oxygens (including phenoxy) is 1. The van der Waals surface area contributed by atoms with Crippen molar-refractivity contribution in [3.63, 3.8) is 0 Å². The molecule has 2 unspecified atom stereocenters. The van der Waals surface area contributed by atoms with Gasteiger partial charge in [0.05, 0.1) is 6.04 Å². The van der Waals surface area contributed by atoms with Gasteiger partial charge in [-0.2, -0.15) is 0 Å². The molecule has 3 N–H and O–H groups in total. The van der Waals surface area contributed by atoms with Crippen molar-refractivity contribution in [1.29, 1.82) is 0 Å². The van der Waals surface area contributed by atoms with Crippen molar-refractivity contribution in [1.82, 2.24) is 10.2 Å². The van der Waals surface area contributed by atoms with Gasteiger partial charge in [0.25, 0.3) is 0 Å². The molecule has 3 aliphatic rings. The highest BCUT2D eigenvalue weighted by Gasteiger charge is 2.25. The van der Waals surface area contributed by atoms with Crippen LogP contribution < -0.4 is 11.1 Å². The fourth-order valence-electron chi connectivity index (χ4n) is 3.79. The Hall–Kier alpha value is -1.33. The summed E-state index contributed by atoms with van der Waals surface area (Å²) in [5.74, 6) is 2.07. The van der Waals surface area contributed by atoms with E-state index in [4.69, 9.17) is 10.5 Å². The average Bonchev–Trinajstić information content (AvgIpc) is 3.34. The van der Waals surface area contributed by atoms with E-state index < -0.39 is 0 Å². The summed E-state index contributed by atoms with van der Waals surface area (Å²) in [5.41, 5.74) is 6.03. The number of nitrogens with one attached hydrogen (secondary N) is 1. The molecule has 1 heterocycles. The largest absolute Gasteiger partial charge is 0.493 e. The van der Waals surface area contributed by atoms with Crippen LogP contribution in [0.2, 0.25) is 0 Å². The van der Waals surface area contributed by atoms with Crippen LogP contribution in [0.25, 0.3) is 0 Å². The number of nitrogens with two attached hydrogens (primary N) is 1. The minimum Gasteiger partial charge on any atom is -0.493 e. The maximum absolute atomic E-state index is 12.3. The van der Waals surface area contributed by atoms with Crippen molar-refractivity contribution in [3.8, 4) is 0 Å². The molecule has 3 rings (SSSR count). The lowest BCUT2D eigenvalue weighted by Crippen LogP contribution is -2.46. The molecule has 1 saturated heterocycles. The fourth-order valence-corrected chi connectivity index (χ4v) is 3.79. The van der Waals surface area contributed by atoms with Gasteiger partial charge in [0.15, 0.2) is 0 Å². The Labute approximate surface area is 158 Å². The number of rotatable bonds is 10. The van der Waals surface area contributed by atoms with E-state index in [1.807, 2.05) is 6.08 Å². The zero-order valence-corrected chi connectivity index (χ0v) is 16.2. The lowest BCUT2D eigenvalue weighted by molar-refractivity contribution is -0.123. The van der Waals surface area contributed by atoms with Gasteiger partial charge < -0.3 is 15.8 Å². The number of hydrogen-bond donors (Lipinski definition) is 2. The van der Waals surface area contributed by atoms with Gasteiger partial charge in [0.1, 0.15) is 12.4 Å². The molecule has 1 aliphatic heterocycles. The smallest absolute Gasteiger partial charge is 0.237 e. The topological polar surface area (TPSA) is 67.6 Å². The molecule has 0 aromatic heterocycles. The molecular weight excluding hydrogens is 326 g/mol. The number of hydrogen-bond acceptors (Lipinski definition) is 4. The molecule has 26 heavy (non-hydrogen) atoms. The summed E-state index contributed by atoms with van der Waals surface area (Å²) in [5, 5.41) is 3.10. The van der Waals surface area contributed by atoms with Gasteiger partial charge in [0.2, 0.25) is 5.91 Å². The van der Waals surface area contributed by atoms with Gasteiger partial charge >= 0.3 is 0 Å². The highest BCUT2D eigenvalue weighted by Crippen LogP contribution is 2.33. The molecule has 5 heteroatoms. The Balaban J connectivity index is 1.32. The molecule has 146 valence electrons. The summed E-state index contributed by atoms with van der Waals surface area (Å²) in [6, 6.07) is -0.279. The van der Waals surface area contributed by atoms with Gasteiger partial charge in [-0.3, -0.25) is 9.69 Å². The lowest BCUT2D eigenvalue weighted by atomic mass is 9.93. The number of likely N-dealkylation sites (tertiary alicyclic amines) is 1. The average molecular weight is 362 g/mol. The minimum atomic E-state index is -0.370. The van der Waals surface area contributed by atoms with E-state index in [0.717, 1.165) is 44.1 Å². The van der Waals surface area contributed by atoms with Crippen LogP contribution in [-0.2, 0) is 9.53 Å². The van der Waals surface area contributed by atoms with Crippen LogP contribution in [0.5, 0.6) is 0 Å². The quantitative estimate of drug-likeness (QED) is 0.628. The van der Waals surface area contributed by atoms with E-state index in [9.17, 15) is 4.79 Å². The Kier molecular flexibility index (Phi) is 7.15. The van der Waals surface area contributed by atoms with Gasteiger partial charge in [-0.25, -0.2) is 0 Å². The van der Waals surface area contributed by atoms with Crippen LogP contribution in [-0.4, -0.2) is 49.1 Å². The van der Waals surface area contributed by atoms with Crippen molar-refractivity contribution in [2.24, 2.45) is 17.6 Å². The van der Waals surface area contributed by atoms with Crippen LogP contribution in [0, 0.1) is 11.8 Å². The van der Waals surface area contributed by atoms with Crippen LogP contribution in [0.3, 0.4) is 0 Å². The normalized spacial score (nSPS) is 25.6. The SMILES string of the molecule is CC(NC(=O)[C@@H](N)CCC1CC1)C1C=CC(OCCN2CCCC2)=CC1. The van der Waals surface area contributed by atoms with Gasteiger partial charge in [0, 0.05) is 18.5 Å². The molecule has 0 spiro atoms. The van der Waals surface area contributed by atoms with E-state index in [1.54, 1.807) is 0 Å². The first-order chi connectivity index (χ1) is 12.6. The van der Waals surface area contributed by atoms with Crippen molar-refractivity contribution in [2.45, 2.75) is 64.0 Å². The van der Waals surface area contributed by atoms with Crippen molar-refractivity contribution in [2.75, 3.05) is 26.2 Å². The first kappa shape index (κ1) is 19.4. The predicted molar refractivity (Wildman–Crippen MR) is 104 cm³/mol. The van der Waals surface area contributed by atoms with E-state index in [0.29, 0.717) is 5.92 Å². The summed E-state index contributed by atoms with van der Waals surface area (Å²) >= 11 is 0. The lowest BCUT2D eigenvalue weighted by Gasteiger charge is -2.25. The third kappa shape index (κ3) is 6.13. The Morgan fingerprint density at radius 2 is 2.15 bits per heavy atom. The van der Waals surface area contributed by atoms with Crippen molar-refractivity contribution >= 4 is 5.91 Å². The highest BCUT2D eigenvalue weighted by molar-refractivity contribution is 5.81. The van der Waals surface area contributed by atoms with Gasteiger partial charge in [-0.1, -0.05) is 18.9 Å². The molecule has 0 bridgehead atoms. The molecule has 0 aromatic carbocycles. The number of allylic oxidation sites excluding steroid dienone is 2. The predicted octanol–water partition coefficient (Wildman–Crippen LogP) is 2.58. The Morgan fingerprint density at radius 3 is 2.81 bits per heavy atom. The second-order valence-corrected chi connectivity index (χ2v) is 8.19. The summed E-state index contributed by atoms with van der Waals surface area (Å²) < 4.78 is 5.88. The highest BCUT2D eigenvalue weighted by atomic mass is 16.5. The number of carbonyl (C=O) groups is 1. The molecule has 3 atom stereocenters. The van der Waals surface area contributed by atoms with Crippen LogP contribution in [0.4, 0.5) is 0 Å². The molecule has 0 radical (unpaired) electrons. The van der Waals surface area contributed by atoms with Crippen molar-refractivity contribution in [3.05, 3.63) is 24.0 Å². The first-order valence-electron chi connectivity index (χ1n) is 10.4. The summed E-state index contributed by atoms with van der Waals surface area (Å²) in [7, 11) is 0. The number of amides is 1. The van der Waals surface area contributed by atoms with Crippen LogP contribution in [0.15, 0.2) is 24.0 Å². The molecule has 5 nitrogen and oxygen atoms in total.